The molecule has 1 amide bonds. The van der Waals surface area contributed by atoms with Gasteiger partial charge in [0.05, 0.1) is 11.6 Å². The third kappa shape index (κ3) is 3.18. The van der Waals surface area contributed by atoms with E-state index in [1.54, 1.807) is 7.11 Å². The predicted molar refractivity (Wildman–Crippen MR) is 85.9 cm³/mol. The van der Waals surface area contributed by atoms with Crippen molar-refractivity contribution in [2.45, 2.75) is 19.8 Å². The van der Waals surface area contributed by atoms with Gasteiger partial charge in [-0.2, -0.15) is 0 Å². The maximum absolute atomic E-state index is 12.6. The summed E-state index contributed by atoms with van der Waals surface area (Å²) in [4.78, 5) is 16.4. The lowest BCUT2D eigenvalue weighted by Crippen LogP contribution is -2.40. The fraction of sp³-hybridized carbons (Fsp3) is 0.643. The quantitative estimate of drug-likeness (QED) is 0.897. The fourth-order valence-electron chi connectivity index (χ4n) is 2.60. The highest BCUT2D eigenvalue weighted by Crippen LogP contribution is 2.40. The van der Waals surface area contributed by atoms with Gasteiger partial charge in [0.1, 0.15) is 4.88 Å². The minimum absolute atomic E-state index is 0.101. The minimum atomic E-state index is 0.101. The molecule has 1 fully saturated rings. The molecule has 1 aliphatic heterocycles. The molecular weight excluding hydrogens is 340 g/mol. The highest BCUT2D eigenvalue weighted by Gasteiger charge is 2.28. The first kappa shape index (κ1) is 15.8. The molecule has 6 heteroatoms. The van der Waals surface area contributed by atoms with E-state index in [0.29, 0.717) is 16.5 Å². The molecule has 4 nitrogen and oxygen atoms in total. The molecule has 2 rings (SSSR count). The van der Waals surface area contributed by atoms with E-state index in [-0.39, 0.29) is 5.91 Å². The predicted octanol–water partition coefficient (Wildman–Crippen LogP) is 2.90. The van der Waals surface area contributed by atoms with Gasteiger partial charge in [-0.15, -0.1) is 11.3 Å². The number of methoxy groups -OCH3 is 1. The van der Waals surface area contributed by atoms with Crippen molar-refractivity contribution in [3.8, 4) is 5.75 Å². The van der Waals surface area contributed by atoms with Crippen LogP contribution in [0.15, 0.2) is 4.47 Å². The molecule has 0 radical (unpaired) electrons. The molecule has 0 atom stereocenters. The maximum Gasteiger partial charge on any atom is 0.267 e. The van der Waals surface area contributed by atoms with E-state index in [1.165, 1.54) is 11.3 Å². The largest absolute Gasteiger partial charge is 0.494 e. The zero-order valence-electron chi connectivity index (χ0n) is 12.2. The zero-order valence-corrected chi connectivity index (χ0v) is 14.6. The van der Waals surface area contributed by atoms with Crippen LogP contribution in [-0.2, 0) is 0 Å². The lowest BCUT2D eigenvalue weighted by Gasteiger charge is -2.31. The zero-order chi connectivity index (χ0) is 14.7. The highest BCUT2D eigenvalue weighted by molar-refractivity contribution is 9.10. The molecule has 1 aromatic rings. The Labute approximate surface area is 132 Å². The normalized spacial score (nSPS) is 16.5. The summed E-state index contributed by atoms with van der Waals surface area (Å²) in [5.41, 5.74) is 0. The molecule has 1 N–H and O–H groups in total. The smallest absolute Gasteiger partial charge is 0.267 e. The summed E-state index contributed by atoms with van der Waals surface area (Å²) in [7, 11) is 3.59. The van der Waals surface area contributed by atoms with E-state index in [2.05, 4.69) is 21.2 Å². The van der Waals surface area contributed by atoms with Crippen LogP contribution in [0.1, 0.15) is 27.4 Å². The van der Waals surface area contributed by atoms with E-state index < -0.39 is 0 Å². The van der Waals surface area contributed by atoms with Gasteiger partial charge in [-0.05, 0) is 55.2 Å². The molecule has 2 heterocycles. The summed E-state index contributed by atoms with van der Waals surface area (Å²) >= 11 is 4.99. The number of hydrogen-bond acceptors (Lipinski definition) is 4. The Kier molecular flexibility index (Phi) is 5.46. The van der Waals surface area contributed by atoms with Gasteiger partial charge in [-0.25, -0.2) is 0 Å². The van der Waals surface area contributed by atoms with Gasteiger partial charge in [-0.1, -0.05) is 0 Å². The molecule has 20 heavy (non-hydrogen) atoms. The number of carbonyl (C=O) groups excluding carboxylic acids is 1. The maximum atomic E-state index is 12.6. The SMILES string of the molecule is CNCC1CCN(C(=O)c2sc(C)c(Br)c2OC)CC1. The lowest BCUT2D eigenvalue weighted by molar-refractivity contribution is 0.0693. The van der Waals surface area contributed by atoms with Crippen LogP contribution in [0, 0.1) is 12.8 Å². The first-order valence-electron chi connectivity index (χ1n) is 6.85. The van der Waals surface area contributed by atoms with E-state index >= 15 is 0 Å². The number of amides is 1. The molecule has 0 unspecified atom stereocenters. The van der Waals surface area contributed by atoms with Crippen LogP contribution in [0.4, 0.5) is 0 Å². The van der Waals surface area contributed by atoms with Gasteiger partial charge < -0.3 is 15.0 Å². The molecule has 0 aromatic carbocycles. The Hall–Kier alpha value is -0.590. The lowest BCUT2D eigenvalue weighted by atomic mass is 9.97. The average Bonchev–Trinajstić information content (AvgIpc) is 2.75. The standard InChI is InChI=1S/C14H21BrN2O2S/c1-9-11(15)12(19-3)13(20-9)14(18)17-6-4-10(5-7-17)8-16-2/h10,16H,4-8H2,1-3H3. The van der Waals surface area contributed by atoms with Crippen LogP contribution in [0.25, 0.3) is 0 Å². The summed E-state index contributed by atoms with van der Waals surface area (Å²) < 4.78 is 6.28. The number of likely N-dealkylation sites (tertiary alicyclic amines) is 1. The Morgan fingerprint density at radius 2 is 2.15 bits per heavy atom. The topological polar surface area (TPSA) is 41.6 Å². The Balaban J connectivity index is 2.07. The van der Waals surface area contributed by atoms with Crippen molar-refractivity contribution in [1.82, 2.24) is 10.2 Å². The number of hydrogen-bond donors (Lipinski definition) is 1. The van der Waals surface area contributed by atoms with Crippen LogP contribution in [0.2, 0.25) is 0 Å². The summed E-state index contributed by atoms with van der Waals surface area (Å²) in [6.07, 6.45) is 2.14. The van der Waals surface area contributed by atoms with Gasteiger partial charge in [0.15, 0.2) is 5.75 Å². The first-order valence-corrected chi connectivity index (χ1v) is 8.46. The number of piperidine rings is 1. The van der Waals surface area contributed by atoms with Crippen LogP contribution in [-0.4, -0.2) is 44.6 Å². The van der Waals surface area contributed by atoms with Crippen molar-refractivity contribution in [2.24, 2.45) is 5.92 Å². The number of thiophene rings is 1. The van der Waals surface area contributed by atoms with Crippen LogP contribution in [0.3, 0.4) is 0 Å². The Bertz CT molecular complexity index is 482. The van der Waals surface area contributed by atoms with E-state index in [0.717, 1.165) is 41.8 Å². The molecule has 1 aliphatic rings. The van der Waals surface area contributed by atoms with Crippen LogP contribution < -0.4 is 10.1 Å². The number of aryl methyl sites for hydroxylation is 1. The third-order valence-electron chi connectivity index (χ3n) is 3.76. The molecule has 0 saturated carbocycles. The molecule has 0 aliphatic carbocycles. The van der Waals surface area contributed by atoms with E-state index in [9.17, 15) is 4.79 Å². The molecule has 1 aromatic heterocycles. The minimum Gasteiger partial charge on any atom is -0.494 e. The first-order chi connectivity index (χ1) is 9.58. The number of ether oxygens (including phenoxy) is 1. The van der Waals surface area contributed by atoms with Crippen molar-refractivity contribution in [3.63, 3.8) is 0 Å². The van der Waals surface area contributed by atoms with Crippen LogP contribution >= 0.6 is 27.3 Å². The van der Waals surface area contributed by atoms with Crippen molar-refractivity contribution >= 4 is 33.2 Å². The second-order valence-corrected chi connectivity index (χ2v) is 7.15. The molecule has 1 saturated heterocycles. The number of halogens is 1. The van der Waals surface area contributed by atoms with Crippen molar-refractivity contribution in [1.29, 1.82) is 0 Å². The summed E-state index contributed by atoms with van der Waals surface area (Å²) in [5.74, 6) is 1.46. The van der Waals surface area contributed by atoms with Gasteiger partial charge in [-0.3, -0.25) is 4.79 Å². The summed E-state index contributed by atoms with van der Waals surface area (Å²) in [6, 6.07) is 0. The fourth-order valence-corrected chi connectivity index (χ4v) is 4.32. The highest BCUT2D eigenvalue weighted by atomic mass is 79.9. The Morgan fingerprint density at radius 1 is 1.50 bits per heavy atom. The van der Waals surface area contributed by atoms with E-state index in [1.807, 2.05) is 18.9 Å². The monoisotopic (exact) mass is 360 g/mol. The molecule has 0 spiro atoms. The second kappa shape index (κ2) is 6.91. The van der Waals surface area contributed by atoms with Gasteiger partial charge >= 0.3 is 0 Å². The van der Waals surface area contributed by atoms with Crippen LogP contribution in [0.5, 0.6) is 5.75 Å². The van der Waals surface area contributed by atoms with Gasteiger partial charge in [0.25, 0.3) is 5.91 Å². The van der Waals surface area contributed by atoms with Crippen molar-refractivity contribution in [2.75, 3.05) is 33.8 Å². The molecule has 112 valence electrons. The number of nitrogens with one attached hydrogen (secondary N) is 1. The number of nitrogens with zero attached hydrogens (tertiary/aromatic N) is 1. The van der Waals surface area contributed by atoms with E-state index in [4.69, 9.17) is 4.74 Å². The summed E-state index contributed by atoms with van der Waals surface area (Å²) in [6.45, 7) is 4.70. The van der Waals surface area contributed by atoms with Gasteiger partial charge in [0, 0.05) is 18.0 Å². The molecular formula is C14H21BrN2O2S. The molecule has 0 bridgehead atoms. The van der Waals surface area contributed by atoms with Gasteiger partial charge in [0.2, 0.25) is 0 Å². The Morgan fingerprint density at radius 3 is 2.70 bits per heavy atom. The number of carbonyl (C=O) groups is 1. The third-order valence-corrected chi connectivity index (χ3v) is 6.05. The van der Waals surface area contributed by atoms with Crippen molar-refractivity contribution in [3.05, 3.63) is 14.2 Å². The average molecular weight is 361 g/mol. The van der Waals surface area contributed by atoms with Crippen molar-refractivity contribution < 1.29 is 9.53 Å². The second-order valence-electron chi connectivity index (χ2n) is 5.13. The summed E-state index contributed by atoms with van der Waals surface area (Å²) in [5, 5.41) is 3.21. The number of rotatable bonds is 4.